The standard InChI is InChI=1S/C13H19F2N3O2S/c1-8-6-18(7-9(2)17(8)3)21(19,20)11-5-4-10(14)13(16)12(11)15/h4-5,8-9H,6-7,16H2,1-3H3. The first-order valence-corrected chi connectivity index (χ1v) is 8.05. The predicted molar refractivity (Wildman–Crippen MR) is 76.2 cm³/mol. The van der Waals surface area contributed by atoms with Gasteiger partial charge >= 0.3 is 0 Å². The normalized spacial score (nSPS) is 25.2. The third-order valence-electron chi connectivity index (χ3n) is 4.04. The lowest BCUT2D eigenvalue weighted by atomic mass is 10.1. The van der Waals surface area contributed by atoms with E-state index in [0.717, 1.165) is 12.1 Å². The average molecular weight is 319 g/mol. The molecule has 2 rings (SSSR count). The molecule has 0 amide bonds. The molecule has 2 unspecified atom stereocenters. The molecule has 0 radical (unpaired) electrons. The topological polar surface area (TPSA) is 66.6 Å². The van der Waals surface area contributed by atoms with Crippen molar-refractivity contribution in [1.82, 2.24) is 9.21 Å². The van der Waals surface area contributed by atoms with Crippen molar-refractivity contribution in [3.05, 3.63) is 23.8 Å². The lowest BCUT2D eigenvalue weighted by Crippen LogP contribution is -2.56. The summed E-state index contributed by atoms with van der Waals surface area (Å²) in [4.78, 5) is 1.48. The van der Waals surface area contributed by atoms with Crippen molar-refractivity contribution < 1.29 is 17.2 Å². The number of piperazine rings is 1. The van der Waals surface area contributed by atoms with Gasteiger partial charge in [-0.15, -0.1) is 0 Å². The highest BCUT2D eigenvalue weighted by molar-refractivity contribution is 7.89. The Morgan fingerprint density at radius 2 is 1.71 bits per heavy atom. The SMILES string of the molecule is CC1CN(S(=O)(=O)c2ccc(F)c(N)c2F)CC(C)N1C. The van der Waals surface area contributed by atoms with Crippen LogP contribution in [0.1, 0.15) is 13.8 Å². The highest BCUT2D eigenvalue weighted by Crippen LogP contribution is 2.27. The van der Waals surface area contributed by atoms with Gasteiger partial charge in [-0.3, -0.25) is 4.90 Å². The van der Waals surface area contributed by atoms with E-state index in [1.807, 2.05) is 20.9 Å². The molecule has 8 heteroatoms. The summed E-state index contributed by atoms with van der Waals surface area (Å²) in [6.07, 6.45) is 0. The maximum Gasteiger partial charge on any atom is 0.246 e. The highest BCUT2D eigenvalue weighted by Gasteiger charge is 2.36. The molecule has 2 N–H and O–H groups in total. The summed E-state index contributed by atoms with van der Waals surface area (Å²) >= 11 is 0. The number of hydrogen-bond acceptors (Lipinski definition) is 4. The minimum Gasteiger partial charge on any atom is -0.394 e. The Bertz CT molecular complexity index is 639. The number of halogens is 2. The summed E-state index contributed by atoms with van der Waals surface area (Å²) in [5.41, 5.74) is 4.47. The van der Waals surface area contributed by atoms with Gasteiger partial charge in [-0.1, -0.05) is 0 Å². The number of nitrogens with zero attached hydrogens (tertiary/aromatic N) is 2. The van der Waals surface area contributed by atoms with Crippen LogP contribution in [0.3, 0.4) is 0 Å². The first-order chi connectivity index (χ1) is 9.66. The number of nitrogens with two attached hydrogens (primary N) is 1. The summed E-state index contributed by atoms with van der Waals surface area (Å²) in [5.74, 6) is -2.19. The zero-order valence-electron chi connectivity index (χ0n) is 12.2. The van der Waals surface area contributed by atoms with Crippen LogP contribution in [0.4, 0.5) is 14.5 Å². The van der Waals surface area contributed by atoms with E-state index in [1.54, 1.807) is 0 Å². The van der Waals surface area contributed by atoms with Gasteiger partial charge in [0.15, 0.2) is 5.82 Å². The smallest absolute Gasteiger partial charge is 0.246 e. The molecule has 1 saturated heterocycles. The second kappa shape index (κ2) is 5.51. The zero-order valence-corrected chi connectivity index (χ0v) is 13.0. The summed E-state index contributed by atoms with van der Waals surface area (Å²) < 4.78 is 53.5. The molecule has 0 saturated carbocycles. The van der Waals surface area contributed by atoms with Crippen LogP contribution in [0.25, 0.3) is 0 Å². The number of likely N-dealkylation sites (N-methyl/N-ethyl adjacent to an activating group) is 1. The number of rotatable bonds is 2. The van der Waals surface area contributed by atoms with Gasteiger partial charge in [0.1, 0.15) is 16.4 Å². The van der Waals surface area contributed by atoms with Gasteiger partial charge < -0.3 is 5.73 Å². The van der Waals surface area contributed by atoms with Crippen molar-refractivity contribution in [2.24, 2.45) is 0 Å². The van der Waals surface area contributed by atoms with E-state index in [9.17, 15) is 17.2 Å². The Hall–Kier alpha value is -1.25. The minimum atomic E-state index is -4.04. The molecule has 0 spiro atoms. The molecule has 0 aliphatic carbocycles. The van der Waals surface area contributed by atoms with E-state index < -0.39 is 32.2 Å². The first kappa shape index (κ1) is 16.1. The monoisotopic (exact) mass is 319 g/mol. The molecule has 0 aromatic heterocycles. The molecule has 21 heavy (non-hydrogen) atoms. The Kier molecular flexibility index (Phi) is 4.23. The van der Waals surface area contributed by atoms with Gasteiger partial charge in [0.05, 0.1) is 0 Å². The van der Waals surface area contributed by atoms with Crippen LogP contribution in [0.5, 0.6) is 0 Å². The molecule has 5 nitrogen and oxygen atoms in total. The van der Waals surface area contributed by atoms with Crippen LogP contribution in [0.2, 0.25) is 0 Å². The van der Waals surface area contributed by atoms with Gasteiger partial charge in [-0.05, 0) is 33.0 Å². The van der Waals surface area contributed by atoms with E-state index >= 15 is 0 Å². The van der Waals surface area contributed by atoms with Crippen molar-refractivity contribution in [2.75, 3.05) is 25.9 Å². The molecule has 118 valence electrons. The summed E-state index contributed by atoms with van der Waals surface area (Å²) in [6, 6.07) is 1.80. The van der Waals surface area contributed by atoms with E-state index in [2.05, 4.69) is 4.90 Å². The number of anilines is 1. The fourth-order valence-electron chi connectivity index (χ4n) is 2.44. The largest absolute Gasteiger partial charge is 0.394 e. The molecular weight excluding hydrogens is 300 g/mol. The fourth-order valence-corrected chi connectivity index (χ4v) is 4.12. The van der Waals surface area contributed by atoms with Crippen LogP contribution in [0, 0.1) is 11.6 Å². The minimum absolute atomic E-state index is 0.00406. The fraction of sp³-hybridized carbons (Fsp3) is 0.538. The van der Waals surface area contributed by atoms with Crippen LogP contribution < -0.4 is 5.73 Å². The molecule has 2 atom stereocenters. The third-order valence-corrected chi connectivity index (χ3v) is 5.88. The highest BCUT2D eigenvalue weighted by atomic mass is 32.2. The predicted octanol–water partition coefficient (Wildman–Crippen LogP) is 1.26. The molecule has 1 aliphatic heterocycles. The number of nitrogen functional groups attached to an aromatic ring is 1. The zero-order chi connectivity index (χ0) is 15.9. The van der Waals surface area contributed by atoms with E-state index in [1.165, 1.54) is 4.31 Å². The first-order valence-electron chi connectivity index (χ1n) is 6.61. The van der Waals surface area contributed by atoms with Gasteiger partial charge in [0.25, 0.3) is 0 Å². The molecule has 1 aromatic rings. The maximum atomic E-state index is 14.0. The molecule has 1 aliphatic rings. The van der Waals surface area contributed by atoms with Gasteiger partial charge in [0.2, 0.25) is 10.0 Å². The van der Waals surface area contributed by atoms with E-state index in [0.29, 0.717) is 0 Å². The molecule has 0 bridgehead atoms. The summed E-state index contributed by atoms with van der Waals surface area (Å²) in [6.45, 7) is 4.29. The van der Waals surface area contributed by atoms with Crippen LogP contribution in [0.15, 0.2) is 17.0 Å². The number of sulfonamides is 1. The van der Waals surface area contributed by atoms with Crippen molar-refractivity contribution in [3.8, 4) is 0 Å². The van der Waals surface area contributed by atoms with Crippen LogP contribution in [-0.4, -0.2) is 49.8 Å². The lowest BCUT2D eigenvalue weighted by molar-refractivity contribution is 0.105. The third kappa shape index (κ3) is 2.75. The Morgan fingerprint density at radius 3 is 2.24 bits per heavy atom. The van der Waals surface area contributed by atoms with Crippen molar-refractivity contribution in [2.45, 2.75) is 30.8 Å². The molecule has 1 heterocycles. The van der Waals surface area contributed by atoms with Gasteiger partial charge in [0, 0.05) is 25.2 Å². The molecular formula is C13H19F2N3O2S. The van der Waals surface area contributed by atoms with Crippen LogP contribution in [-0.2, 0) is 10.0 Å². The van der Waals surface area contributed by atoms with E-state index in [4.69, 9.17) is 5.73 Å². The van der Waals surface area contributed by atoms with Gasteiger partial charge in [-0.2, -0.15) is 4.31 Å². The molecule has 1 fully saturated rings. The molecule has 1 aromatic carbocycles. The number of hydrogen-bond donors (Lipinski definition) is 1. The Labute approximate surface area is 123 Å². The average Bonchev–Trinajstić information content (AvgIpc) is 2.41. The van der Waals surface area contributed by atoms with Gasteiger partial charge in [-0.25, -0.2) is 17.2 Å². The van der Waals surface area contributed by atoms with Crippen molar-refractivity contribution in [1.29, 1.82) is 0 Å². The van der Waals surface area contributed by atoms with Crippen LogP contribution >= 0.6 is 0 Å². The van der Waals surface area contributed by atoms with E-state index in [-0.39, 0.29) is 25.2 Å². The quantitative estimate of drug-likeness (QED) is 0.834. The Balaban J connectivity index is 2.42. The lowest BCUT2D eigenvalue weighted by Gasteiger charge is -2.41. The summed E-state index contributed by atoms with van der Waals surface area (Å²) in [5, 5.41) is 0. The second-order valence-corrected chi connectivity index (χ2v) is 7.37. The van der Waals surface area contributed by atoms with Crippen molar-refractivity contribution >= 4 is 15.7 Å². The maximum absolute atomic E-state index is 14.0. The Morgan fingerprint density at radius 1 is 1.19 bits per heavy atom. The second-order valence-electron chi connectivity index (χ2n) is 5.46. The number of benzene rings is 1. The summed E-state index contributed by atoms with van der Waals surface area (Å²) in [7, 11) is -2.12. The van der Waals surface area contributed by atoms with Crippen molar-refractivity contribution in [3.63, 3.8) is 0 Å².